The highest BCUT2D eigenvalue weighted by Gasteiger charge is 2.07. The fourth-order valence-corrected chi connectivity index (χ4v) is 1.86. The fraction of sp³-hybridized carbons (Fsp3) is 0.429. The lowest BCUT2D eigenvalue weighted by molar-refractivity contribution is 0.416. The Morgan fingerprint density at radius 3 is 2.90 bits per heavy atom. The van der Waals surface area contributed by atoms with Crippen molar-refractivity contribution in [3.63, 3.8) is 0 Å². The van der Waals surface area contributed by atoms with Crippen LogP contribution in [0, 0.1) is 0 Å². The number of anilines is 1. The van der Waals surface area contributed by atoms with Crippen molar-refractivity contribution in [2.45, 2.75) is 19.5 Å². The van der Waals surface area contributed by atoms with Gasteiger partial charge in [-0.1, -0.05) is 0 Å². The Labute approximate surface area is 118 Å². The summed E-state index contributed by atoms with van der Waals surface area (Å²) in [5.74, 6) is 0.883. The number of furan rings is 1. The topological polar surface area (TPSA) is 63.3 Å². The van der Waals surface area contributed by atoms with E-state index in [1.165, 1.54) is 4.68 Å². The van der Waals surface area contributed by atoms with Gasteiger partial charge in [0.2, 0.25) is 0 Å². The molecule has 0 saturated heterocycles. The highest BCUT2D eigenvalue weighted by atomic mass is 16.3. The normalized spacial score (nSPS) is 12.3. The van der Waals surface area contributed by atoms with Crippen molar-refractivity contribution < 1.29 is 4.42 Å². The van der Waals surface area contributed by atoms with Gasteiger partial charge in [0.15, 0.2) is 0 Å². The summed E-state index contributed by atoms with van der Waals surface area (Å²) < 4.78 is 6.76. The minimum Gasteiger partial charge on any atom is -0.468 e. The second-order valence-corrected chi connectivity index (χ2v) is 4.86. The first kappa shape index (κ1) is 14.3. The quantitative estimate of drug-likeness (QED) is 0.860. The maximum Gasteiger partial charge on any atom is 0.268 e. The fourth-order valence-electron chi connectivity index (χ4n) is 1.86. The molecule has 0 aromatic carbocycles. The van der Waals surface area contributed by atoms with Crippen LogP contribution in [0.1, 0.15) is 18.7 Å². The zero-order valence-electron chi connectivity index (χ0n) is 12.0. The van der Waals surface area contributed by atoms with Gasteiger partial charge in [-0.05, 0) is 19.1 Å². The molecule has 0 fully saturated rings. The highest BCUT2D eigenvalue weighted by Crippen LogP contribution is 2.11. The van der Waals surface area contributed by atoms with Crippen LogP contribution in [0.25, 0.3) is 0 Å². The number of hydrogen-bond acceptors (Lipinski definition) is 5. The third-order valence-corrected chi connectivity index (χ3v) is 3.12. The lowest BCUT2D eigenvalue weighted by atomic mass is 10.2. The smallest absolute Gasteiger partial charge is 0.268 e. The molecule has 0 aliphatic rings. The first-order valence-corrected chi connectivity index (χ1v) is 6.59. The Hall–Kier alpha value is -2.08. The molecule has 0 saturated carbocycles. The average molecular weight is 276 g/mol. The highest BCUT2D eigenvalue weighted by molar-refractivity contribution is 5.40. The van der Waals surface area contributed by atoms with Crippen molar-refractivity contribution in [1.82, 2.24) is 15.1 Å². The van der Waals surface area contributed by atoms with Crippen LogP contribution in [0.15, 0.2) is 39.9 Å². The SMILES string of the molecule is CC(NCCn1ncc(N(C)C)cc1=O)c1ccco1. The molecule has 20 heavy (non-hydrogen) atoms. The molecule has 0 radical (unpaired) electrons. The standard InChI is InChI=1S/C14H20N4O2/c1-11(13-5-4-8-20-13)15-6-7-18-14(19)9-12(10-16-18)17(2)3/h4-5,8-11,15H,6-7H2,1-3H3. The zero-order valence-corrected chi connectivity index (χ0v) is 12.0. The Kier molecular flexibility index (Phi) is 4.57. The molecule has 1 unspecified atom stereocenters. The summed E-state index contributed by atoms with van der Waals surface area (Å²) in [5.41, 5.74) is 0.715. The number of hydrogen-bond donors (Lipinski definition) is 1. The molecule has 0 bridgehead atoms. The van der Waals surface area contributed by atoms with Gasteiger partial charge in [-0.3, -0.25) is 4.79 Å². The third kappa shape index (κ3) is 3.48. The van der Waals surface area contributed by atoms with Crippen LogP contribution in [0.5, 0.6) is 0 Å². The van der Waals surface area contributed by atoms with Crippen LogP contribution in [0.4, 0.5) is 5.69 Å². The maximum atomic E-state index is 11.9. The van der Waals surface area contributed by atoms with Crippen molar-refractivity contribution in [3.8, 4) is 0 Å². The summed E-state index contributed by atoms with van der Waals surface area (Å²) in [6, 6.07) is 5.48. The van der Waals surface area contributed by atoms with Crippen LogP contribution in [0.3, 0.4) is 0 Å². The van der Waals surface area contributed by atoms with E-state index in [4.69, 9.17) is 4.42 Å². The molecule has 2 rings (SSSR count). The van der Waals surface area contributed by atoms with Crippen molar-refractivity contribution in [2.75, 3.05) is 25.5 Å². The van der Waals surface area contributed by atoms with Crippen LogP contribution in [0.2, 0.25) is 0 Å². The zero-order chi connectivity index (χ0) is 14.5. The number of nitrogens with zero attached hydrogens (tertiary/aromatic N) is 3. The summed E-state index contributed by atoms with van der Waals surface area (Å²) in [6.07, 6.45) is 3.34. The molecule has 0 amide bonds. The summed E-state index contributed by atoms with van der Waals surface area (Å²) >= 11 is 0. The van der Waals surface area contributed by atoms with Gasteiger partial charge < -0.3 is 14.6 Å². The van der Waals surface area contributed by atoms with Crippen LogP contribution in [-0.2, 0) is 6.54 Å². The van der Waals surface area contributed by atoms with Gasteiger partial charge in [-0.15, -0.1) is 0 Å². The van der Waals surface area contributed by atoms with E-state index in [0.29, 0.717) is 13.1 Å². The Morgan fingerprint density at radius 2 is 2.30 bits per heavy atom. The molecule has 2 aromatic heterocycles. The number of aromatic nitrogens is 2. The van der Waals surface area contributed by atoms with E-state index in [9.17, 15) is 4.79 Å². The van der Waals surface area contributed by atoms with E-state index < -0.39 is 0 Å². The molecule has 0 spiro atoms. The van der Waals surface area contributed by atoms with Gasteiger partial charge in [0, 0.05) is 26.7 Å². The molecule has 6 heteroatoms. The third-order valence-electron chi connectivity index (χ3n) is 3.12. The Balaban J connectivity index is 1.90. The monoisotopic (exact) mass is 276 g/mol. The summed E-state index contributed by atoms with van der Waals surface area (Å²) in [7, 11) is 3.76. The predicted molar refractivity (Wildman–Crippen MR) is 77.9 cm³/mol. The van der Waals surface area contributed by atoms with Crippen molar-refractivity contribution in [1.29, 1.82) is 0 Å². The summed E-state index contributed by atoms with van der Waals surface area (Å²) in [6.45, 7) is 3.19. The van der Waals surface area contributed by atoms with Gasteiger partial charge in [0.1, 0.15) is 5.76 Å². The molecular formula is C14H20N4O2. The van der Waals surface area contributed by atoms with Gasteiger partial charge in [-0.25, -0.2) is 4.68 Å². The number of nitrogens with one attached hydrogen (secondary N) is 1. The lowest BCUT2D eigenvalue weighted by Crippen LogP contribution is -2.30. The second kappa shape index (κ2) is 6.38. The maximum absolute atomic E-state index is 11.9. The van der Waals surface area contributed by atoms with Gasteiger partial charge in [-0.2, -0.15) is 5.10 Å². The number of rotatable bonds is 6. The first-order chi connectivity index (χ1) is 9.58. The minimum atomic E-state index is -0.0938. The summed E-state index contributed by atoms with van der Waals surface area (Å²) in [4.78, 5) is 13.7. The largest absolute Gasteiger partial charge is 0.468 e. The molecule has 0 aliphatic heterocycles. The first-order valence-electron chi connectivity index (χ1n) is 6.59. The van der Waals surface area contributed by atoms with Gasteiger partial charge in [0.05, 0.1) is 30.7 Å². The van der Waals surface area contributed by atoms with Crippen LogP contribution < -0.4 is 15.8 Å². The van der Waals surface area contributed by atoms with Gasteiger partial charge >= 0.3 is 0 Å². The van der Waals surface area contributed by atoms with E-state index in [2.05, 4.69) is 10.4 Å². The van der Waals surface area contributed by atoms with Crippen molar-refractivity contribution in [2.24, 2.45) is 0 Å². The minimum absolute atomic E-state index is 0.0938. The molecule has 6 nitrogen and oxygen atoms in total. The molecule has 2 heterocycles. The van der Waals surface area contributed by atoms with Crippen LogP contribution >= 0.6 is 0 Å². The second-order valence-electron chi connectivity index (χ2n) is 4.86. The van der Waals surface area contributed by atoms with E-state index in [1.54, 1.807) is 18.5 Å². The Morgan fingerprint density at radius 1 is 1.50 bits per heavy atom. The van der Waals surface area contributed by atoms with E-state index in [0.717, 1.165) is 11.4 Å². The van der Waals surface area contributed by atoms with Crippen LogP contribution in [-0.4, -0.2) is 30.4 Å². The van der Waals surface area contributed by atoms with E-state index >= 15 is 0 Å². The Bertz CT molecular complexity index is 589. The molecule has 2 aromatic rings. The lowest BCUT2D eigenvalue weighted by Gasteiger charge is -2.14. The average Bonchev–Trinajstić information content (AvgIpc) is 2.94. The predicted octanol–water partition coefficient (Wildman–Crippen LogP) is 1.25. The van der Waals surface area contributed by atoms with Crippen molar-refractivity contribution in [3.05, 3.63) is 46.8 Å². The van der Waals surface area contributed by atoms with Crippen molar-refractivity contribution >= 4 is 5.69 Å². The van der Waals surface area contributed by atoms with E-state index in [-0.39, 0.29) is 11.6 Å². The molecular weight excluding hydrogens is 256 g/mol. The molecule has 108 valence electrons. The molecule has 1 N–H and O–H groups in total. The van der Waals surface area contributed by atoms with Gasteiger partial charge in [0.25, 0.3) is 5.56 Å². The molecule has 1 atom stereocenters. The van der Waals surface area contributed by atoms with E-state index in [1.807, 2.05) is 38.1 Å². The summed E-state index contributed by atoms with van der Waals surface area (Å²) in [5, 5.41) is 7.45. The molecule has 0 aliphatic carbocycles.